The fraction of sp³-hybridized carbons (Fsp3) is 0.429. The van der Waals surface area contributed by atoms with Crippen LogP contribution in [0.4, 0.5) is 0 Å². The van der Waals surface area contributed by atoms with Crippen LogP contribution in [0.2, 0.25) is 0 Å². The van der Waals surface area contributed by atoms with E-state index in [0.29, 0.717) is 79.6 Å². The number of rotatable bonds is 1. The van der Waals surface area contributed by atoms with E-state index in [4.69, 9.17) is 14.2 Å². The molecule has 1 saturated heterocycles. The maximum absolute atomic E-state index is 13.5. The Balaban J connectivity index is 1.42. The molecule has 1 fully saturated rings. The van der Waals surface area contributed by atoms with Crippen LogP contribution >= 0.6 is 0 Å². The molecule has 0 spiro atoms. The summed E-state index contributed by atoms with van der Waals surface area (Å²) in [5, 5.41) is 11.5. The lowest BCUT2D eigenvalue weighted by atomic mass is 9.88. The van der Waals surface area contributed by atoms with Crippen molar-refractivity contribution in [1.82, 2.24) is 25.2 Å². The molecule has 6 bridgehead atoms. The largest absolute Gasteiger partial charge is 0.493 e. The molecule has 6 rings (SSSR count). The summed E-state index contributed by atoms with van der Waals surface area (Å²) >= 11 is 0. The first-order valence-corrected chi connectivity index (χ1v) is 12.9. The van der Waals surface area contributed by atoms with Gasteiger partial charge in [0.1, 0.15) is 18.1 Å². The monoisotopic (exact) mass is 519 g/mol. The molecule has 2 aromatic carbocycles. The van der Waals surface area contributed by atoms with Crippen molar-refractivity contribution in [2.75, 3.05) is 26.8 Å². The summed E-state index contributed by atoms with van der Waals surface area (Å²) in [5.41, 5.74) is 2.26. The number of nitrogens with zero attached hydrogens (tertiary/aromatic N) is 4. The van der Waals surface area contributed by atoms with E-state index in [9.17, 15) is 9.59 Å². The fourth-order valence-corrected chi connectivity index (χ4v) is 4.78. The van der Waals surface area contributed by atoms with Crippen molar-refractivity contribution in [2.45, 2.75) is 51.8 Å². The number of fused-ring (bicyclic) bond motifs is 7. The average molecular weight is 520 g/mol. The Morgan fingerprint density at radius 3 is 2.63 bits per heavy atom. The van der Waals surface area contributed by atoms with Crippen LogP contribution in [0.25, 0.3) is 0 Å². The standard InChI is InChI=1S/C28H33N5O5/c1-19-5-7-22-24(15-19)37-14-4-11-33-17-21(30-31-33)18-38-25-16-20(6-8-23(25)36-3)26(34)29-28(2)9-12-32(13-10-28)27(22)35/h5-8,15-17H,4,9-14,18H2,1-3H3,(H,29,34). The van der Waals surface area contributed by atoms with E-state index in [1.807, 2.05) is 43.1 Å². The highest BCUT2D eigenvalue weighted by Crippen LogP contribution is 2.31. The summed E-state index contributed by atoms with van der Waals surface area (Å²) in [6.45, 7) is 6.29. The van der Waals surface area contributed by atoms with Gasteiger partial charge in [0, 0.05) is 37.2 Å². The molecule has 0 atom stereocenters. The van der Waals surface area contributed by atoms with Gasteiger partial charge in [0.15, 0.2) is 11.5 Å². The number of benzene rings is 2. The first kappa shape index (κ1) is 25.6. The minimum absolute atomic E-state index is 0.0582. The first-order valence-electron chi connectivity index (χ1n) is 12.9. The van der Waals surface area contributed by atoms with Crippen LogP contribution in [-0.4, -0.2) is 64.1 Å². The van der Waals surface area contributed by atoms with Crippen molar-refractivity contribution in [1.29, 1.82) is 0 Å². The molecule has 1 aromatic heterocycles. The van der Waals surface area contributed by atoms with Gasteiger partial charge in [-0.05, 0) is 62.6 Å². The van der Waals surface area contributed by atoms with Gasteiger partial charge in [0.05, 0.1) is 25.5 Å². The molecule has 10 heteroatoms. The van der Waals surface area contributed by atoms with Crippen LogP contribution in [0.1, 0.15) is 58.2 Å². The van der Waals surface area contributed by atoms with Gasteiger partial charge in [-0.2, -0.15) is 0 Å². The van der Waals surface area contributed by atoms with Gasteiger partial charge in [-0.25, -0.2) is 0 Å². The smallest absolute Gasteiger partial charge is 0.257 e. The van der Waals surface area contributed by atoms with Crippen molar-refractivity contribution in [3.05, 3.63) is 65.0 Å². The van der Waals surface area contributed by atoms with Crippen molar-refractivity contribution >= 4 is 11.8 Å². The lowest BCUT2D eigenvalue weighted by Gasteiger charge is -2.40. The molecule has 0 radical (unpaired) electrons. The van der Waals surface area contributed by atoms with E-state index >= 15 is 0 Å². The third-order valence-corrected chi connectivity index (χ3v) is 7.11. The van der Waals surface area contributed by atoms with Gasteiger partial charge >= 0.3 is 0 Å². The second kappa shape index (κ2) is 10.7. The lowest BCUT2D eigenvalue weighted by Crippen LogP contribution is -2.54. The van der Waals surface area contributed by atoms with Crippen molar-refractivity contribution in [3.63, 3.8) is 0 Å². The SMILES string of the molecule is COc1ccc2cc1OCc1cn(nn1)CCCOc1cc(C)ccc1C(=O)N1CCC(C)(CC1)NC2=O. The van der Waals surface area contributed by atoms with E-state index in [0.717, 1.165) is 5.56 Å². The molecular weight excluding hydrogens is 486 g/mol. The topological polar surface area (TPSA) is 108 Å². The molecule has 3 aromatic rings. The molecular formula is C28H33N5O5. The van der Waals surface area contributed by atoms with Gasteiger partial charge in [-0.1, -0.05) is 11.3 Å². The predicted molar refractivity (Wildman–Crippen MR) is 140 cm³/mol. The molecule has 38 heavy (non-hydrogen) atoms. The van der Waals surface area contributed by atoms with Crippen molar-refractivity contribution in [2.24, 2.45) is 0 Å². The number of methoxy groups -OCH3 is 1. The predicted octanol–water partition coefficient (Wildman–Crippen LogP) is 3.38. The van der Waals surface area contributed by atoms with Crippen LogP contribution in [0.5, 0.6) is 17.2 Å². The van der Waals surface area contributed by atoms with Crippen LogP contribution in [-0.2, 0) is 13.2 Å². The summed E-state index contributed by atoms with van der Waals surface area (Å²) < 4.78 is 19.2. The molecule has 0 unspecified atom stereocenters. The Morgan fingerprint density at radius 2 is 1.84 bits per heavy atom. The molecule has 0 saturated carbocycles. The number of amides is 2. The molecule has 3 aliphatic rings. The Morgan fingerprint density at radius 1 is 1.03 bits per heavy atom. The maximum Gasteiger partial charge on any atom is 0.257 e. The van der Waals surface area contributed by atoms with E-state index in [-0.39, 0.29) is 18.4 Å². The highest BCUT2D eigenvalue weighted by Gasteiger charge is 2.34. The molecule has 4 heterocycles. The molecule has 10 nitrogen and oxygen atoms in total. The number of piperidine rings is 1. The van der Waals surface area contributed by atoms with Crippen LogP contribution in [0.15, 0.2) is 42.6 Å². The summed E-state index contributed by atoms with van der Waals surface area (Å²) in [6, 6.07) is 10.8. The zero-order valence-electron chi connectivity index (χ0n) is 22.0. The number of ether oxygens (including phenoxy) is 3. The quantitative estimate of drug-likeness (QED) is 0.525. The first-order chi connectivity index (χ1) is 18.3. The fourth-order valence-electron chi connectivity index (χ4n) is 4.78. The van der Waals surface area contributed by atoms with Crippen LogP contribution in [0.3, 0.4) is 0 Å². The summed E-state index contributed by atoms with van der Waals surface area (Å²) in [6.07, 6.45) is 3.79. The van der Waals surface area contributed by atoms with Crippen molar-refractivity contribution < 1.29 is 23.8 Å². The number of nitrogens with one attached hydrogen (secondary N) is 1. The minimum atomic E-state index is -0.446. The zero-order valence-corrected chi connectivity index (χ0v) is 22.0. The second-order valence-electron chi connectivity index (χ2n) is 10.1. The zero-order chi connectivity index (χ0) is 26.7. The van der Waals surface area contributed by atoms with E-state index in [1.54, 1.807) is 30.0 Å². The number of hydrogen-bond donors (Lipinski definition) is 1. The second-order valence-corrected chi connectivity index (χ2v) is 10.1. The number of aromatic nitrogens is 3. The van der Waals surface area contributed by atoms with Crippen molar-refractivity contribution in [3.8, 4) is 17.2 Å². The number of aryl methyl sites for hydroxylation is 2. The third kappa shape index (κ3) is 5.58. The minimum Gasteiger partial charge on any atom is -0.493 e. The summed E-state index contributed by atoms with van der Waals surface area (Å²) in [5.74, 6) is 1.30. The lowest BCUT2D eigenvalue weighted by molar-refractivity contribution is 0.0634. The number of carbonyl (C=O) groups excluding carboxylic acids is 2. The summed E-state index contributed by atoms with van der Waals surface area (Å²) in [4.78, 5) is 28.5. The Labute approximate surface area is 221 Å². The van der Waals surface area contributed by atoms with Gasteiger partial charge in [-0.3, -0.25) is 14.3 Å². The number of hydrogen-bond acceptors (Lipinski definition) is 7. The normalized spacial score (nSPS) is 17.9. The molecule has 200 valence electrons. The van der Waals surface area contributed by atoms with Gasteiger partial charge < -0.3 is 24.4 Å². The van der Waals surface area contributed by atoms with Gasteiger partial charge in [0.25, 0.3) is 11.8 Å². The molecule has 0 aliphatic carbocycles. The molecule has 1 N–H and O–H groups in total. The average Bonchev–Trinajstić information content (AvgIpc) is 3.37. The van der Waals surface area contributed by atoms with E-state index < -0.39 is 5.54 Å². The molecule has 3 aliphatic heterocycles. The maximum atomic E-state index is 13.5. The Bertz CT molecular complexity index is 1330. The third-order valence-electron chi connectivity index (χ3n) is 7.11. The van der Waals surface area contributed by atoms with E-state index in [1.165, 1.54) is 0 Å². The van der Waals surface area contributed by atoms with Crippen LogP contribution in [0, 0.1) is 6.92 Å². The highest BCUT2D eigenvalue weighted by molar-refractivity contribution is 5.97. The molecule has 2 amide bonds. The highest BCUT2D eigenvalue weighted by atomic mass is 16.5. The number of carbonyl (C=O) groups is 2. The van der Waals surface area contributed by atoms with Gasteiger partial charge in [0.2, 0.25) is 0 Å². The van der Waals surface area contributed by atoms with Gasteiger partial charge in [-0.15, -0.1) is 5.10 Å². The van der Waals surface area contributed by atoms with Crippen LogP contribution < -0.4 is 19.5 Å². The van der Waals surface area contributed by atoms with E-state index in [2.05, 4.69) is 15.6 Å². The summed E-state index contributed by atoms with van der Waals surface area (Å²) in [7, 11) is 1.56. The Kier molecular flexibility index (Phi) is 7.22. The Hall–Kier alpha value is -4.08.